The van der Waals surface area contributed by atoms with Crippen LogP contribution in [-0.2, 0) is 4.79 Å². The lowest BCUT2D eigenvalue weighted by atomic mass is 10.2. The molecule has 0 aliphatic carbocycles. The van der Waals surface area contributed by atoms with Crippen LogP contribution < -0.4 is 5.32 Å². The number of carboxylic acids is 1. The second kappa shape index (κ2) is 8.85. The number of carboxylic acid groups (broad SMARTS) is 1. The molecule has 0 unspecified atom stereocenters. The first-order chi connectivity index (χ1) is 11.0. The highest BCUT2D eigenvalue weighted by atomic mass is 16.4. The Morgan fingerprint density at radius 2 is 1.78 bits per heavy atom. The molecule has 23 heavy (non-hydrogen) atoms. The molecule has 1 aromatic rings. The van der Waals surface area contributed by atoms with Crippen LogP contribution in [0.2, 0.25) is 0 Å². The molecule has 2 N–H and O–H groups in total. The predicted octanol–water partition coefficient (Wildman–Crippen LogP) is 2.40. The van der Waals surface area contributed by atoms with E-state index in [1.165, 1.54) is 23.2 Å². The van der Waals surface area contributed by atoms with Crippen molar-refractivity contribution in [2.75, 3.05) is 18.4 Å². The molecular formula is C17H17N3O3. The van der Waals surface area contributed by atoms with Gasteiger partial charge in [-0.25, -0.2) is 4.79 Å². The number of anilines is 1. The van der Waals surface area contributed by atoms with Gasteiger partial charge in [-0.3, -0.25) is 4.79 Å². The third kappa shape index (κ3) is 5.17. The van der Waals surface area contributed by atoms with Gasteiger partial charge in [0.25, 0.3) is 5.91 Å². The number of aromatic carboxylic acids is 1. The molecule has 0 bridgehead atoms. The van der Waals surface area contributed by atoms with E-state index in [1.807, 2.05) is 6.07 Å². The van der Waals surface area contributed by atoms with E-state index in [0.717, 1.165) is 0 Å². The minimum atomic E-state index is -1.02. The standard InChI is InChI=1S/C17H17N3O3/c1-3-9-20(10-4-2)16(21)14(11-18)12-19-15-7-5-13(6-8-15)17(22)23/h3-8,12,19H,1-2,9-10H2,(H,22,23)/b14-12-. The van der Waals surface area contributed by atoms with Crippen molar-refractivity contribution >= 4 is 17.6 Å². The van der Waals surface area contributed by atoms with Crippen LogP contribution >= 0.6 is 0 Å². The summed E-state index contributed by atoms with van der Waals surface area (Å²) in [5.74, 6) is -1.47. The Balaban J connectivity index is 2.87. The summed E-state index contributed by atoms with van der Waals surface area (Å²) >= 11 is 0. The Hall–Kier alpha value is -3.33. The number of hydrogen-bond acceptors (Lipinski definition) is 4. The summed E-state index contributed by atoms with van der Waals surface area (Å²) in [7, 11) is 0. The molecule has 0 aromatic heterocycles. The number of carbonyl (C=O) groups is 2. The maximum absolute atomic E-state index is 12.2. The average Bonchev–Trinajstić information content (AvgIpc) is 2.55. The van der Waals surface area contributed by atoms with Crippen molar-refractivity contribution in [3.05, 3.63) is 66.9 Å². The maximum atomic E-state index is 12.2. The molecule has 1 aromatic carbocycles. The quantitative estimate of drug-likeness (QED) is 0.437. The van der Waals surface area contributed by atoms with Gasteiger partial charge in [0.1, 0.15) is 11.6 Å². The van der Waals surface area contributed by atoms with Crippen molar-refractivity contribution in [2.45, 2.75) is 0 Å². The van der Waals surface area contributed by atoms with Gasteiger partial charge in [-0.1, -0.05) is 12.2 Å². The Labute approximate surface area is 134 Å². The minimum Gasteiger partial charge on any atom is -0.478 e. The number of rotatable bonds is 8. The predicted molar refractivity (Wildman–Crippen MR) is 87.7 cm³/mol. The fourth-order valence-electron chi connectivity index (χ4n) is 1.73. The zero-order valence-electron chi connectivity index (χ0n) is 12.5. The lowest BCUT2D eigenvalue weighted by molar-refractivity contribution is -0.125. The molecule has 0 aliphatic heterocycles. The lowest BCUT2D eigenvalue weighted by Gasteiger charge is -2.18. The van der Waals surface area contributed by atoms with E-state index in [2.05, 4.69) is 18.5 Å². The first-order valence-electron chi connectivity index (χ1n) is 6.74. The number of hydrogen-bond donors (Lipinski definition) is 2. The van der Waals surface area contributed by atoms with Gasteiger partial charge in [0.15, 0.2) is 0 Å². The van der Waals surface area contributed by atoms with Crippen LogP contribution in [0, 0.1) is 11.3 Å². The van der Waals surface area contributed by atoms with Gasteiger partial charge in [0.05, 0.1) is 5.56 Å². The molecule has 0 spiro atoms. The Morgan fingerprint density at radius 3 is 2.22 bits per heavy atom. The van der Waals surface area contributed by atoms with Crippen molar-refractivity contribution in [1.82, 2.24) is 4.90 Å². The maximum Gasteiger partial charge on any atom is 0.335 e. The summed E-state index contributed by atoms with van der Waals surface area (Å²) < 4.78 is 0. The van der Waals surface area contributed by atoms with Crippen molar-refractivity contribution in [2.24, 2.45) is 0 Å². The van der Waals surface area contributed by atoms with Gasteiger partial charge in [-0.15, -0.1) is 13.2 Å². The van der Waals surface area contributed by atoms with Crippen LogP contribution in [0.3, 0.4) is 0 Å². The number of amides is 1. The first kappa shape index (κ1) is 17.7. The Kier molecular flexibility index (Phi) is 6.82. The second-order valence-electron chi connectivity index (χ2n) is 4.48. The summed E-state index contributed by atoms with van der Waals surface area (Å²) in [6.45, 7) is 7.75. The average molecular weight is 311 g/mol. The van der Waals surface area contributed by atoms with Gasteiger partial charge in [0, 0.05) is 25.0 Å². The van der Waals surface area contributed by atoms with E-state index >= 15 is 0 Å². The van der Waals surface area contributed by atoms with Gasteiger partial charge in [-0.2, -0.15) is 5.26 Å². The summed E-state index contributed by atoms with van der Waals surface area (Å²) in [5, 5.41) is 20.8. The molecule has 1 rings (SSSR count). The summed E-state index contributed by atoms with van der Waals surface area (Å²) in [6, 6.07) is 7.79. The SMILES string of the molecule is C=CCN(CC=C)C(=O)/C(C#N)=C\Nc1ccc(C(=O)O)cc1. The van der Waals surface area contributed by atoms with Gasteiger partial charge in [0.2, 0.25) is 0 Å². The molecule has 0 heterocycles. The summed E-state index contributed by atoms with van der Waals surface area (Å²) in [5.41, 5.74) is 0.643. The first-order valence-corrected chi connectivity index (χ1v) is 6.74. The van der Waals surface area contributed by atoms with Gasteiger partial charge >= 0.3 is 5.97 Å². The van der Waals surface area contributed by atoms with E-state index in [9.17, 15) is 9.59 Å². The molecule has 0 saturated heterocycles. The number of nitrogens with zero attached hydrogens (tertiary/aromatic N) is 2. The number of nitriles is 1. The van der Waals surface area contributed by atoms with Crippen molar-refractivity contribution in [3.8, 4) is 6.07 Å². The summed E-state index contributed by atoms with van der Waals surface area (Å²) in [6.07, 6.45) is 4.42. The topological polar surface area (TPSA) is 93.4 Å². The number of carbonyl (C=O) groups excluding carboxylic acids is 1. The molecule has 0 saturated carbocycles. The summed E-state index contributed by atoms with van der Waals surface area (Å²) in [4.78, 5) is 24.4. The van der Waals surface area contributed by atoms with E-state index in [4.69, 9.17) is 10.4 Å². The van der Waals surface area contributed by atoms with Crippen molar-refractivity contribution < 1.29 is 14.7 Å². The molecule has 6 heteroatoms. The van der Waals surface area contributed by atoms with Gasteiger partial charge < -0.3 is 15.3 Å². The van der Waals surface area contributed by atoms with Crippen LogP contribution in [0.4, 0.5) is 5.69 Å². The minimum absolute atomic E-state index is 0.0731. The molecule has 0 fully saturated rings. The van der Waals surface area contributed by atoms with E-state index in [1.54, 1.807) is 24.3 Å². The second-order valence-corrected chi connectivity index (χ2v) is 4.48. The molecular weight excluding hydrogens is 294 g/mol. The number of nitrogens with one attached hydrogen (secondary N) is 1. The van der Waals surface area contributed by atoms with Crippen LogP contribution in [0.1, 0.15) is 10.4 Å². The van der Waals surface area contributed by atoms with E-state index < -0.39 is 11.9 Å². The molecule has 118 valence electrons. The largest absolute Gasteiger partial charge is 0.478 e. The van der Waals surface area contributed by atoms with Gasteiger partial charge in [-0.05, 0) is 24.3 Å². The Bertz CT molecular complexity index is 659. The zero-order valence-corrected chi connectivity index (χ0v) is 12.5. The van der Waals surface area contributed by atoms with E-state index in [-0.39, 0.29) is 11.1 Å². The number of benzene rings is 1. The monoisotopic (exact) mass is 311 g/mol. The fraction of sp³-hybridized carbons (Fsp3) is 0.118. The lowest BCUT2D eigenvalue weighted by Crippen LogP contribution is -2.32. The fourth-order valence-corrected chi connectivity index (χ4v) is 1.73. The highest BCUT2D eigenvalue weighted by molar-refractivity contribution is 5.97. The molecule has 0 radical (unpaired) electrons. The molecule has 6 nitrogen and oxygen atoms in total. The normalized spacial score (nSPS) is 10.3. The third-order valence-electron chi connectivity index (χ3n) is 2.85. The molecule has 0 aliphatic rings. The highest BCUT2D eigenvalue weighted by Gasteiger charge is 2.16. The molecule has 0 atom stereocenters. The molecule has 1 amide bonds. The van der Waals surface area contributed by atoms with E-state index in [0.29, 0.717) is 18.8 Å². The zero-order chi connectivity index (χ0) is 17.2. The van der Waals surface area contributed by atoms with Crippen LogP contribution in [0.5, 0.6) is 0 Å². The Morgan fingerprint density at radius 1 is 1.22 bits per heavy atom. The van der Waals surface area contributed by atoms with Crippen molar-refractivity contribution in [3.63, 3.8) is 0 Å². The smallest absolute Gasteiger partial charge is 0.335 e. The van der Waals surface area contributed by atoms with Crippen molar-refractivity contribution in [1.29, 1.82) is 5.26 Å². The van der Waals surface area contributed by atoms with Crippen LogP contribution in [0.25, 0.3) is 0 Å². The van der Waals surface area contributed by atoms with Crippen LogP contribution in [-0.4, -0.2) is 35.0 Å². The third-order valence-corrected chi connectivity index (χ3v) is 2.85. The highest BCUT2D eigenvalue weighted by Crippen LogP contribution is 2.11. The van der Waals surface area contributed by atoms with Crippen LogP contribution in [0.15, 0.2) is 61.3 Å².